The molecule has 4 nitrogen and oxygen atoms in total. The minimum absolute atomic E-state index is 0.0717. The van der Waals surface area contributed by atoms with E-state index in [0.29, 0.717) is 19.0 Å². The number of rotatable bonds is 3. The van der Waals surface area contributed by atoms with Gasteiger partial charge in [0, 0.05) is 13.1 Å². The van der Waals surface area contributed by atoms with E-state index >= 15 is 0 Å². The lowest BCUT2D eigenvalue weighted by Gasteiger charge is -2.24. The lowest BCUT2D eigenvalue weighted by Crippen LogP contribution is -2.35. The van der Waals surface area contributed by atoms with E-state index in [1.54, 1.807) is 4.90 Å². The Bertz CT molecular complexity index is 328. The number of carbonyl (C=O) groups is 1. The van der Waals surface area contributed by atoms with Crippen molar-refractivity contribution in [3.63, 3.8) is 0 Å². The monoisotopic (exact) mass is 252 g/mol. The fraction of sp³-hybridized carbons (Fsp3) is 0.857. The van der Waals surface area contributed by atoms with Crippen LogP contribution in [-0.2, 0) is 4.74 Å². The van der Waals surface area contributed by atoms with Crippen LogP contribution in [0.25, 0.3) is 0 Å². The Kier molecular flexibility index (Phi) is 5.01. The second kappa shape index (κ2) is 6.08. The van der Waals surface area contributed by atoms with Crippen LogP contribution >= 0.6 is 0 Å². The summed E-state index contributed by atoms with van der Waals surface area (Å²) >= 11 is 0. The molecule has 102 valence electrons. The maximum atomic E-state index is 11.9. The number of likely N-dealkylation sites (tertiary alicyclic amines) is 1. The van der Waals surface area contributed by atoms with Gasteiger partial charge in [-0.15, -0.1) is 0 Å². The molecule has 1 saturated heterocycles. The smallest absolute Gasteiger partial charge is 0.410 e. The van der Waals surface area contributed by atoms with Crippen LogP contribution in [0.5, 0.6) is 0 Å². The van der Waals surface area contributed by atoms with Crippen molar-refractivity contribution in [2.45, 2.75) is 52.6 Å². The summed E-state index contributed by atoms with van der Waals surface area (Å²) in [5.74, 6) is 0.380. The van der Waals surface area contributed by atoms with Gasteiger partial charge in [-0.25, -0.2) is 4.79 Å². The van der Waals surface area contributed by atoms with Crippen molar-refractivity contribution in [3.05, 3.63) is 0 Å². The van der Waals surface area contributed by atoms with E-state index in [1.165, 1.54) is 0 Å². The number of nitrogens with zero attached hydrogens (tertiary/aromatic N) is 2. The summed E-state index contributed by atoms with van der Waals surface area (Å²) < 4.78 is 5.35. The summed E-state index contributed by atoms with van der Waals surface area (Å²) in [6.45, 7) is 9.06. The number of hydrogen-bond donors (Lipinski definition) is 0. The Morgan fingerprint density at radius 3 is 2.72 bits per heavy atom. The Labute approximate surface area is 110 Å². The molecule has 0 N–H and O–H groups in total. The second-order valence-electron chi connectivity index (χ2n) is 6.00. The molecule has 0 aromatic heterocycles. The van der Waals surface area contributed by atoms with Crippen LogP contribution in [0, 0.1) is 23.2 Å². The van der Waals surface area contributed by atoms with Crippen LogP contribution in [-0.4, -0.2) is 29.7 Å². The maximum absolute atomic E-state index is 11.9. The summed E-state index contributed by atoms with van der Waals surface area (Å²) in [7, 11) is 0. The molecule has 1 rings (SSSR count). The average Bonchev–Trinajstić information content (AvgIpc) is 2.72. The fourth-order valence-electron chi connectivity index (χ4n) is 2.32. The molecule has 0 saturated carbocycles. The molecule has 1 fully saturated rings. The van der Waals surface area contributed by atoms with Gasteiger partial charge in [-0.1, -0.05) is 13.3 Å². The largest absolute Gasteiger partial charge is 0.444 e. The predicted octanol–water partition coefficient (Wildman–Crippen LogP) is 3.18. The van der Waals surface area contributed by atoms with E-state index in [1.807, 2.05) is 20.8 Å². The Balaban J connectivity index is 2.51. The number of ether oxygens (including phenoxy) is 1. The summed E-state index contributed by atoms with van der Waals surface area (Å²) in [4.78, 5) is 13.6. The zero-order valence-electron chi connectivity index (χ0n) is 11.9. The van der Waals surface area contributed by atoms with E-state index in [0.717, 1.165) is 19.3 Å². The van der Waals surface area contributed by atoms with Crippen LogP contribution in [0.4, 0.5) is 4.79 Å². The molecule has 18 heavy (non-hydrogen) atoms. The van der Waals surface area contributed by atoms with Gasteiger partial charge in [0.25, 0.3) is 0 Å². The standard InChI is InChI=1S/C14H24N2O2/c1-5-6-11(9-15)12-7-8-16(10-12)13(17)18-14(2,3)4/h11-12H,5-8,10H2,1-4H3. The molecule has 0 aromatic rings. The number of hydrogen-bond acceptors (Lipinski definition) is 3. The van der Waals surface area contributed by atoms with Crippen molar-refractivity contribution in [2.75, 3.05) is 13.1 Å². The lowest BCUT2D eigenvalue weighted by atomic mass is 9.89. The van der Waals surface area contributed by atoms with Gasteiger partial charge in [-0.2, -0.15) is 5.26 Å². The maximum Gasteiger partial charge on any atom is 0.410 e. The van der Waals surface area contributed by atoms with Crippen LogP contribution in [0.15, 0.2) is 0 Å². The minimum atomic E-state index is -0.451. The van der Waals surface area contributed by atoms with E-state index in [4.69, 9.17) is 10.00 Å². The third-order valence-corrected chi connectivity index (χ3v) is 3.21. The van der Waals surface area contributed by atoms with Gasteiger partial charge >= 0.3 is 6.09 Å². The van der Waals surface area contributed by atoms with Gasteiger partial charge in [0.05, 0.1) is 12.0 Å². The highest BCUT2D eigenvalue weighted by Crippen LogP contribution is 2.28. The first-order valence-electron chi connectivity index (χ1n) is 6.75. The molecule has 0 spiro atoms. The minimum Gasteiger partial charge on any atom is -0.444 e. The highest BCUT2D eigenvalue weighted by molar-refractivity contribution is 5.68. The van der Waals surface area contributed by atoms with Crippen molar-refractivity contribution in [2.24, 2.45) is 11.8 Å². The third-order valence-electron chi connectivity index (χ3n) is 3.21. The van der Waals surface area contributed by atoms with E-state index < -0.39 is 5.60 Å². The Morgan fingerprint density at radius 2 is 2.22 bits per heavy atom. The van der Waals surface area contributed by atoms with E-state index in [-0.39, 0.29) is 12.0 Å². The fourth-order valence-corrected chi connectivity index (χ4v) is 2.32. The summed E-state index contributed by atoms with van der Waals surface area (Å²) in [6.07, 6.45) is 2.60. The summed E-state index contributed by atoms with van der Waals surface area (Å²) in [5.41, 5.74) is -0.451. The quantitative estimate of drug-likeness (QED) is 0.775. The zero-order chi connectivity index (χ0) is 13.8. The molecule has 0 radical (unpaired) electrons. The second-order valence-corrected chi connectivity index (χ2v) is 6.00. The summed E-state index contributed by atoms with van der Waals surface area (Å²) in [6, 6.07) is 2.37. The first-order valence-corrected chi connectivity index (χ1v) is 6.75. The van der Waals surface area contributed by atoms with Crippen LogP contribution in [0.1, 0.15) is 47.0 Å². The molecular formula is C14H24N2O2. The van der Waals surface area contributed by atoms with Crippen molar-refractivity contribution in [1.82, 2.24) is 4.90 Å². The van der Waals surface area contributed by atoms with Crippen molar-refractivity contribution in [3.8, 4) is 6.07 Å². The third kappa shape index (κ3) is 4.21. The normalized spacial score (nSPS) is 21.5. The van der Waals surface area contributed by atoms with Crippen LogP contribution in [0.2, 0.25) is 0 Å². The van der Waals surface area contributed by atoms with Crippen LogP contribution in [0.3, 0.4) is 0 Å². The average molecular weight is 252 g/mol. The summed E-state index contributed by atoms with van der Waals surface area (Å²) in [5, 5.41) is 9.14. The molecule has 1 heterocycles. The Hall–Kier alpha value is -1.24. The molecule has 1 aliphatic heterocycles. The van der Waals surface area contributed by atoms with E-state index in [9.17, 15) is 4.79 Å². The number of carbonyl (C=O) groups excluding carboxylic acids is 1. The van der Waals surface area contributed by atoms with Crippen LogP contribution < -0.4 is 0 Å². The lowest BCUT2D eigenvalue weighted by molar-refractivity contribution is 0.0285. The molecule has 1 aliphatic rings. The van der Waals surface area contributed by atoms with Gasteiger partial charge in [0.15, 0.2) is 0 Å². The van der Waals surface area contributed by atoms with Gasteiger partial charge in [-0.3, -0.25) is 0 Å². The van der Waals surface area contributed by atoms with Gasteiger partial charge in [-0.05, 0) is 39.5 Å². The van der Waals surface area contributed by atoms with Gasteiger partial charge < -0.3 is 9.64 Å². The molecule has 0 aromatic carbocycles. The van der Waals surface area contributed by atoms with Crippen molar-refractivity contribution >= 4 is 6.09 Å². The highest BCUT2D eigenvalue weighted by atomic mass is 16.6. The number of nitriles is 1. The molecular weight excluding hydrogens is 228 g/mol. The first kappa shape index (κ1) is 14.8. The van der Waals surface area contributed by atoms with Gasteiger partial charge in [0.2, 0.25) is 0 Å². The molecule has 0 aliphatic carbocycles. The number of amides is 1. The molecule has 2 unspecified atom stereocenters. The zero-order valence-corrected chi connectivity index (χ0v) is 11.9. The highest BCUT2D eigenvalue weighted by Gasteiger charge is 2.33. The predicted molar refractivity (Wildman–Crippen MR) is 69.9 cm³/mol. The van der Waals surface area contributed by atoms with Crippen molar-refractivity contribution < 1.29 is 9.53 Å². The topological polar surface area (TPSA) is 53.3 Å². The van der Waals surface area contributed by atoms with Crippen molar-refractivity contribution in [1.29, 1.82) is 5.26 Å². The van der Waals surface area contributed by atoms with E-state index in [2.05, 4.69) is 13.0 Å². The molecule has 1 amide bonds. The Morgan fingerprint density at radius 1 is 1.56 bits per heavy atom. The SMILES string of the molecule is CCCC(C#N)C1CCN(C(=O)OC(C)(C)C)C1. The first-order chi connectivity index (χ1) is 8.37. The molecule has 0 bridgehead atoms. The van der Waals surface area contributed by atoms with Gasteiger partial charge in [0.1, 0.15) is 5.60 Å². The molecule has 4 heteroatoms. The molecule has 2 atom stereocenters.